The summed E-state index contributed by atoms with van der Waals surface area (Å²) < 4.78 is 0. The summed E-state index contributed by atoms with van der Waals surface area (Å²) in [6.07, 6.45) is 3.00. The molecule has 0 aromatic carbocycles. The fourth-order valence-corrected chi connectivity index (χ4v) is 1.38. The maximum atomic E-state index is 9.10. The lowest BCUT2D eigenvalue weighted by Crippen LogP contribution is -2.51. The number of anilines is 1. The van der Waals surface area contributed by atoms with E-state index >= 15 is 0 Å². The zero-order valence-corrected chi connectivity index (χ0v) is 7.01. The van der Waals surface area contributed by atoms with Crippen LogP contribution < -0.4 is 4.90 Å². The molecule has 2 heterocycles. The Labute approximate surface area is 76.1 Å². The molecule has 0 amide bonds. The van der Waals surface area contributed by atoms with Crippen LogP contribution in [0.4, 0.5) is 5.69 Å². The van der Waals surface area contributed by atoms with Gasteiger partial charge in [0.15, 0.2) is 0 Å². The minimum Gasteiger partial charge on any atom is -0.389 e. The SMILES string of the molecule is N#Cc1ccncc1N1CC(O)C1. The molecular weight excluding hydrogens is 166 g/mol. The van der Waals surface area contributed by atoms with E-state index in [2.05, 4.69) is 11.1 Å². The molecule has 0 saturated carbocycles. The van der Waals surface area contributed by atoms with Gasteiger partial charge in [-0.05, 0) is 6.07 Å². The predicted molar refractivity (Wildman–Crippen MR) is 47.2 cm³/mol. The van der Waals surface area contributed by atoms with Gasteiger partial charge < -0.3 is 10.0 Å². The second kappa shape index (κ2) is 3.04. The number of aromatic nitrogens is 1. The van der Waals surface area contributed by atoms with E-state index in [1.165, 1.54) is 0 Å². The third-order valence-electron chi connectivity index (χ3n) is 2.12. The Morgan fingerprint density at radius 1 is 1.62 bits per heavy atom. The zero-order chi connectivity index (χ0) is 9.26. The molecule has 66 valence electrons. The number of aliphatic hydroxyl groups excluding tert-OH is 1. The molecular formula is C9H9N3O. The largest absolute Gasteiger partial charge is 0.389 e. The monoisotopic (exact) mass is 175 g/mol. The molecule has 13 heavy (non-hydrogen) atoms. The van der Waals surface area contributed by atoms with Crippen molar-refractivity contribution in [3.63, 3.8) is 0 Å². The van der Waals surface area contributed by atoms with Gasteiger partial charge in [0.25, 0.3) is 0 Å². The highest BCUT2D eigenvalue weighted by Crippen LogP contribution is 2.23. The van der Waals surface area contributed by atoms with Crippen molar-refractivity contribution >= 4 is 5.69 Å². The van der Waals surface area contributed by atoms with Crippen LogP contribution in [0.3, 0.4) is 0 Å². The van der Waals surface area contributed by atoms with Gasteiger partial charge in [-0.15, -0.1) is 0 Å². The number of hydrogen-bond donors (Lipinski definition) is 1. The van der Waals surface area contributed by atoms with Crippen LogP contribution in [0.5, 0.6) is 0 Å². The van der Waals surface area contributed by atoms with Gasteiger partial charge in [0.05, 0.1) is 23.6 Å². The van der Waals surface area contributed by atoms with Crippen molar-refractivity contribution in [3.05, 3.63) is 24.0 Å². The normalized spacial score (nSPS) is 16.5. The van der Waals surface area contributed by atoms with Crippen molar-refractivity contribution < 1.29 is 5.11 Å². The van der Waals surface area contributed by atoms with Crippen molar-refractivity contribution in [2.45, 2.75) is 6.10 Å². The number of β-amino-alcohol motifs (C(OH)–C–C–N with tert-alkyl or cyclic N) is 1. The van der Waals surface area contributed by atoms with Crippen molar-refractivity contribution in [3.8, 4) is 6.07 Å². The summed E-state index contributed by atoms with van der Waals surface area (Å²) in [5, 5.41) is 17.9. The Morgan fingerprint density at radius 2 is 2.38 bits per heavy atom. The van der Waals surface area contributed by atoms with E-state index in [4.69, 9.17) is 10.4 Å². The minimum absolute atomic E-state index is 0.258. The van der Waals surface area contributed by atoms with E-state index in [-0.39, 0.29) is 6.10 Å². The molecule has 0 atom stereocenters. The molecule has 0 radical (unpaired) electrons. The summed E-state index contributed by atoms with van der Waals surface area (Å²) in [5.74, 6) is 0. The highest BCUT2D eigenvalue weighted by molar-refractivity contribution is 5.59. The Kier molecular flexibility index (Phi) is 1.87. The van der Waals surface area contributed by atoms with Gasteiger partial charge in [-0.3, -0.25) is 4.98 Å². The van der Waals surface area contributed by atoms with E-state index < -0.39 is 0 Å². The first-order valence-electron chi connectivity index (χ1n) is 4.08. The Bertz CT molecular complexity index is 352. The molecule has 1 aromatic rings. The molecule has 4 nitrogen and oxygen atoms in total. The molecule has 4 heteroatoms. The Hall–Kier alpha value is -1.60. The van der Waals surface area contributed by atoms with Crippen molar-refractivity contribution in [1.82, 2.24) is 4.98 Å². The highest BCUT2D eigenvalue weighted by atomic mass is 16.3. The van der Waals surface area contributed by atoms with Gasteiger partial charge in [-0.1, -0.05) is 0 Å². The number of hydrogen-bond acceptors (Lipinski definition) is 4. The quantitative estimate of drug-likeness (QED) is 0.659. The van der Waals surface area contributed by atoms with Gasteiger partial charge in [-0.25, -0.2) is 0 Å². The van der Waals surface area contributed by atoms with Gasteiger partial charge in [0.2, 0.25) is 0 Å². The van der Waals surface area contributed by atoms with Crippen LogP contribution in [0.25, 0.3) is 0 Å². The summed E-state index contributed by atoms with van der Waals surface area (Å²) in [5.41, 5.74) is 1.43. The third kappa shape index (κ3) is 1.34. The average Bonchev–Trinajstić information content (AvgIpc) is 2.13. The number of rotatable bonds is 1. The summed E-state index contributed by atoms with van der Waals surface area (Å²) in [6, 6.07) is 3.78. The summed E-state index contributed by atoms with van der Waals surface area (Å²) in [4.78, 5) is 5.89. The van der Waals surface area contributed by atoms with E-state index in [9.17, 15) is 0 Å². The first-order chi connectivity index (χ1) is 6.31. The summed E-state index contributed by atoms with van der Waals surface area (Å²) in [7, 11) is 0. The third-order valence-corrected chi connectivity index (χ3v) is 2.12. The molecule has 1 aliphatic rings. The van der Waals surface area contributed by atoms with Crippen LogP contribution >= 0.6 is 0 Å². The van der Waals surface area contributed by atoms with Crippen molar-refractivity contribution in [2.75, 3.05) is 18.0 Å². The molecule has 1 N–H and O–H groups in total. The molecule has 1 aromatic heterocycles. The molecule has 0 aliphatic carbocycles. The average molecular weight is 175 g/mol. The van der Waals surface area contributed by atoms with E-state index in [0.29, 0.717) is 18.7 Å². The van der Waals surface area contributed by atoms with Gasteiger partial charge >= 0.3 is 0 Å². The molecule has 0 unspecified atom stereocenters. The van der Waals surface area contributed by atoms with Crippen molar-refractivity contribution in [2.24, 2.45) is 0 Å². The molecule has 0 spiro atoms. The number of pyridine rings is 1. The lowest BCUT2D eigenvalue weighted by molar-refractivity contribution is 0.142. The van der Waals surface area contributed by atoms with Crippen molar-refractivity contribution in [1.29, 1.82) is 5.26 Å². The zero-order valence-electron chi connectivity index (χ0n) is 7.01. The van der Waals surface area contributed by atoms with E-state index in [0.717, 1.165) is 5.69 Å². The van der Waals surface area contributed by atoms with Gasteiger partial charge in [0, 0.05) is 19.3 Å². The summed E-state index contributed by atoms with van der Waals surface area (Å²) in [6.45, 7) is 1.20. The van der Waals surface area contributed by atoms with Gasteiger partial charge in [-0.2, -0.15) is 5.26 Å². The first kappa shape index (κ1) is 8.02. The molecule has 1 aliphatic heterocycles. The second-order valence-electron chi connectivity index (χ2n) is 3.06. The summed E-state index contributed by atoms with van der Waals surface area (Å²) >= 11 is 0. The van der Waals surface area contributed by atoms with Crippen LogP contribution in [-0.4, -0.2) is 29.3 Å². The molecule has 0 bridgehead atoms. The highest BCUT2D eigenvalue weighted by Gasteiger charge is 2.26. The maximum Gasteiger partial charge on any atom is 0.101 e. The number of nitriles is 1. The van der Waals surface area contributed by atoms with E-state index in [1.807, 2.05) is 4.90 Å². The smallest absolute Gasteiger partial charge is 0.101 e. The topological polar surface area (TPSA) is 60.2 Å². The van der Waals surface area contributed by atoms with Gasteiger partial charge in [0.1, 0.15) is 6.07 Å². The standard InChI is InChI=1S/C9H9N3O/c10-3-7-1-2-11-4-9(7)12-5-8(13)6-12/h1-2,4,8,13H,5-6H2. The van der Waals surface area contributed by atoms with Crippen LogP contribution in [0, 0.1) is 11.3 Å². The second-order valence-corrected chi connectivity index (χ2v) is 3.06. The Balaban J connectivity index is 2.26. The van der Waals surface area contributed by atoms with Crippen LogP contribution in [0.2, 0.25) is 0 Å². The molecule has 1 saturated heterocycles. The maximum absolute atomic E-state index is 9.10. The fraction of sp³-hybridized carbons (Fsp3) is 0.333. The predicted octanol–water partition coefficient (Wildman–Crippen LogP) is 0.134. The molecule has 1 fully saturated rings. The molecule has 2 rings (SSSR count). The first-order valence-corrected chi connectivity index (χ1v) is 4.08. The minimum atomic E-state index is -0.258. The number of aliphatic hydroxyl groups is 1. The fourth-order valence-electron chi connectivity index (χ4n) is 1.38. The van der Waals surface area contributed by atoms with Crippen LogP contribution in [-0.2, 0) is 0 Å². The Morgan fingerprint density at radius 3 is 3.00 bits per heavy atom. The van der Waals surface area contributed by atoms with Crippen LogP contribution in [0.15, 0.2) is 18.5 Å². The van der Waals surface area contributed by atoms with Crippen LogP contribution in [0.1, 0.15) is 5.56 Å². The number of nitrogens with zero attached hydrogens (tertiary/aromatic N) is 3. The lowest BCUT2D eigenvalue weighted by Gasteiger charge is -2.37. The van der Waals surface area contributed by atoms with E-state index in [1.54, 1.807) is 18.5 Å². The lowest BCUT2D eigenvalue weighted by atomic mass is 10.1.